The van der Waals surface area contributed by atoms with Gasteiger partial charge in [0.1, 0.15) is 11.5 Å². The molecule has 0 aliphatic carbocycles. The molecule has 296 valence electrons. The summed E-state index contributed by atoms with van der Waals surface area (Å²) >= 11 is 0. The molecule has 0 saturated heterocycles. The Hall–Kier alpha value is -7.24. The third-order valence-corrected chi connectivity index (χ3v) is 13.3. The van der Waals surface area contributed by atoms with Crippen LogP contribution in [0, 0.1) is 0 Å². The molecule has 0 bridgehead atoms. The van der Waals surface area contributed by atoms with Gasteiger partial charge in [-0.25, -0.2) is 0 Å². The van der Waals surface area contributed by atoms with Gasteiger partial charge in [0.25, 0.3) is 0 Å². The lowest BCUT2D eigenvalue weighted by Gasteiger charge is -2.16. The molecule has 12 rings (SSSR count). The standard InChI is InChI=1S/C56H45N3O2/c1-4-5-6-15-28-57-48-20-11-7-16-38(48)44-29-35(24-26-49(44)57)42-33-55(61-3)43(34-54(42)60-2)36-25-27-53-45(30-36)39-17-8-12-21-50(39)58(53)37-31-46-40-18-9-13-22-51(40)59-52-23-14-10-19-41(52)47(32-37)56(46)59/h7-14,16-27,29-34H,4-6,15,28H2,1-3H3. The summed E-state index contributed by atoms with van der Waals surface area (Å²) in [6.45, 7) is 3.29. The average molecular weight is 792 g/mol. The first-order valence-electron chi connectivity index (χ1n) is 21.6. The van der Waals surface area contributed by atoms with Crippen molar-refractivity contribution in [1.29, 1.82) is 0 Å². The topological polar surface area (TPSA) is 32.7 Å². The van der Waals surface area contributed by atoms with Crippen LogP contribution in [0.4, 0.5) is 0 Å². The van der Waals surface area contributed by atoms with E-state index in [0.717, 1.165) is 51.5 Å². The monoisotopic (exact) mass is 791 g/mol. The molecular weight excluding hydrogens is 747 g/mol. The Labute approximate surface area is 353 Å². The van der Waals surface area contributed by atoms with Crippen LogP contribution in [-0.2, 0) is 6.54 Å². The number of fused-ring (bicyclic) bond motifs is 12. The second kappa shape index (κ2) is 13.9. The molecule has 0 N–H and O–H groups in total. The molecule has 61 heavy (non-hydrogen) atoms. The number of para-hydroxylation sites is 4. The number of unbranched alkanes of at least 4 members (excludes halogenated alkanes) is 3. The number of rotatable bonds is 10. The van der Waals surface area contributed by atoms with Crippen molar-refractivity contribution in [2.45, 2.75) is 39.2 Å². The summed E-state index contributed by atoms with van der Waals surface area (Å²) in [5.41, 5.74) is 14.0. The van der Waals surface area contributed by atoms with E-state index in [-0.39, 0.29) is 0 Å². The van der Waals surface area contributed by atoms with Crippen LogP contribution >= 0.6 is 0 Å². The third kappa shape index (κ3) is 5.26. The smallest absolute Gasteiger partial charge is 0.127 e. The van der Waals surface area contributed by atoms with Gasteiger partial charge >= 0.3 is 0 Å². The number of aryl methyl sites for hydroxylation is 1. The van der Waals surface area contributed by atoms with E-state index >= 15 is 0 Å². The number of ether oxygens (including phenoxy) is 2. The second-order valence-corrected chi connectivity index (χ2v) is 16.6. The fourth-order valence-electron chi connectivity index (χ4n) is 10.5. The van der Waals surface area contributed by atoms with Gasteiger partial charge in [0.05, 0.1) is 41.8 Å². The first kappa shape index (κ1) is 35.7. The molecule has 0 amide bonds. The Bertz CT molecular complexity index is 3590. The summed E-state index contributed by atoms with van der Waals surface area (Å²) < 4.78 is 19.8. The molecular formula is C56H45N3O2. The normalized spacial score (nSPS) is 12.2. The molecule has 5 heteroatoms. The van der Waals surface area contributed by atoms with Gasteiger partial charge in [-0.3, -0.25) is 0 Å². The van der Waals surface area contributed by atoms with Crippen molar-refractivity contribution >= 4 is 81.7 Å². The molecule has 0 saturated carbocycles. The first-order chi connectivity index (χ1) is 30.1. The van der Waals surface area contributed by atoms with E-state index in [4.69, 9.17) is 9.47 Å². The van der Waals surface area contributed by atoms with E-state index < -0.39 is 0 Å². The van der Waals surface area contributed by atoms with Crippen LogP contribution in [0.1, 0.15) is 32.6 Å². The summed E-state index contributed by atoms with van der Waals surface area (Å²) in [5.74, 6) is 1.62. The number of hydrogen-bond acceptors (Lipinski definition) is 2. The van der Waals surface area contributed by atoms with E-state index in [0.29, 0.717) is 0 Å². The van der Waals surface area contributed by atoms with Gasteiger partial charge in [-0.1, -0.05) is 111 Å². The average Bonchev–Trinajstić information content (AvgIpc) is 4.04. The number of benzene rings is 8. The molecule has 0 fully saturated rings. The van der Waals surface area contributed by atoms with Crippen LogP contribution in [-0.4, -0.2) is 27.8 Å². The van der Waals surface area contributed by atoms with Gasteiger partial charge in [-0.2, -0.15) is 0 Å². The van der Waals surface area contributed by atoms with Gasteiger partial charge in [0.2, 0.25) is 0 Å². The Balaban J connectivity index is 1.00. The molecule has 12 aromatic rings. The summed E-state index contributed by atoms with van der Waals surface area (Å²) in [6.07, 6.45) is 4.94. The maximum Gasteiger partial charge on any atom is 0.127 e. The van der Waals surface area contributed by atoms with Gasteiger partial charge in [-0.05, 0) is 90.3 Å². The maximum atomic E-state index is 6.22. The van der Waals surface area contributed by atoms with Crippen molar-refractivity contribution in [2.24, 2.45) is 0 Å². The molecule has 5 nitrogen and oxygen atoms in total. The Morgan fingerprint density at radius 3 is 1.44 bits per heavy atom. The lowest BCUT2D eigenvalue weighted by molar-refractivity contribution is 0.406. The van der Waals surface area contributed by atoms with E-state index in [1.807, 2.05) is 0 Å². The van der Waals surface area contributed by atoms with Gasteiger partial charge < -0.3 is 23.0 Å². The molecule has 4 aromatic heterocycles. The zero-order valence-electron chi connectivity index (χ0n) is 34.7. The molecule has 4 heterocycles. The Morgan fingerprint density at radius 1 is 0.410 bits per heavy atom. The molecule has 0 unspecified atom stereocenters. The molecule has 0 radical (unpaired) electrons. The Kier molecular flexibility index (Phi) is 8.14. The van der Waals surface area contributed by atoms with Gasteiger partial charge in [0, 0.05) is 77.5 Å². The molecule has 0 aliphatic rings. The third-order valence-electron chi connectivity index (χ3n) is 13.3. The predicted molar refractivity (Wildman–Crippen MR) is 257 cm³/mol. The van der Waals surface area contributed by atoms with Crippen molar-refractivity contribution in [1.82, 2.24) is 13.5 Å². The number of aromatic nitrogens is 3. The molecule has 0 aliphatic heterocycles. The Morgan fingerprint density at radius 2 is 0.869 bits per heavy atom. The van der Waals surface area contributed by atoms with E-state index in [1.54, 1.807) is 14.2 Å². The van der Waals surface area contributed by atoms with Crippen LogP contribution in [0.15, 0.2) is 158 Å². The highest BCUT2D eigenvalue weighted by molar-refractivity contribution is 6.24. The van der Waals surface area contributed by atoms with E-state index in [9.17, 15) is 0 Å². The minimum Gasteiger partial charge on any atom is -0.496 e. The first-order valence-corrected chi connectivity index (χ1v) is 21.6. The van der Waals surface area contributed by atoms with Crippen molar-refractivity contribution in [3.63, 3.8) is 0 Å². The van der Waals surface area contributed by atoms with Crippen molar-refractivity contribution < 1.29 is 9.47 Å². The van der Waals surface area contributed by atoms with Crippen LogP contribution in [0.2, 0.25) is 0 Å². The summed E-state index contributed by atoms with van der Waals surface area (Å²) in [5, 5.41) is 10.0. The van der Waals surface area contributed by atoms with Crippen LogP contribution in [0.3, 0.4) is 0 Å². The maximum absolute atomic E-state index is 6.22. The van der Waals surface area contributed by atoms with E-state index in [2.05, 4.69) is 178 Å². The van der Waals surface area contributed by atoms with Crippen molar-refractivity contribution in [3.05, 3.63) is 158 Å². The fourth-order valence-corrected chi connectivity index (χ4v) is 10.5. The SMILES string of the molecule is CCCCCCn1c2ccccc2c2cc(-c3cc(OC)c(-c4ccc5c(c4)c4ccccc4n5-c4cc5c6ccccc6n6c7ccccc7c(c4)c56)cc3OC)ccc21. The second-order valence-electron chi connectivity index (χ2n) is 16.6. The van der Waals surface area contributed by atoms with Crippen molar-refractivity contribution in [2.75, 3.05) is 14.2 Å². The number of nitrogens with zero attached hydrogens (tertiary/aromatic N) is 3. The van der Waals surface area contributed by atoms with Crippen LogP contribution in [0.25, 0.3) is 110 Å². The van der Waals surface area contributed by atoms with Crippen LogP contribution < -0.4 is 9.47 Å². The van der Waals surface area contributed by atoms with Crippen LogP contribution in [0.5, 0.6) is 11.5 Å². The quantitative estimate of drug-likeness (QED) is 0.129. The fraction of sp³-hybridized carbons (Fsp3) is 0.143. The molecule has 0 atom stereocenters. The van der Waals surface area contributed by atoms with Gasteiger partial charge in [-0.15, -0.1) is 0 Å². The predicted octanol–water partition coefficient (Wildman–Crippen LogP) is 15.0. The summed E-state index contributed by atoms with van der Waals surface area (Å²) in [4.78, 5) is 0. The lowest BCUT2D eigenvalue weighted by Crippen LogP contribution is -1.98. The van der Waals surface area contributed by atoms with Gasteiger partial charge in [0.15, 0.2) is 0 Å². The molecule has 8 aromatic carbocycles. The highest BCUT2D eigenvalue weighted by Gasteiger charge is 2.22. The number of hydrogen-bond donors (Lipinski definition) is 0. The summed E-state index contributed by atoms with van der Waals surface area (Å²) in [6, 6.07) is 57.9. The largest absolute Gasteiger partial charge is 0.496 e. The molecule has 0 spiro atoms. The lowest BCUT2D eigenvalue weighted by atomic mass is 9.96. The highest BCUT2D eigenvalue weighted by atomic mass is 16.5. The van der Waals surface area contributed by atoms with Crippen molar-refractivity contribution in [3.8, 4) is 39.4 Å². The number of methoxy groups -OCH3 is 2. The minimum absolute atomic E-state index is 0.806. The zero-order chi connectivity index (χ0) is 40.8. The zero-order valence-corrected chi connectivity index (χ0v) is 34.7. The van der Waals surface area contributed by atoms with E-state index in [1.165, 1.54) is 102 Å². The highest BCUT2D eigenvalue weighted by Crippen LogP contribution is 2.46. The summed E-state index contributed by atoms with van der Waals surface area (Å²) in [7, 11) is 3.54. The minimum atomic E-state index is 0.806.